The van der Waals surface area contributed by atoms with Crippen LogP contribution in [0.15, 0.2) is 53.4 Å². The minimum atomic E-state index is -3.76. The molecule has 0 aromatic heterocycles. The molecule has 7 nitrogen and oxygen atoms in total. The molecule has 0 amide bonds. The van der Waals surface area contributed by atoms with Crippen molar-refractivity contribution in [1.82, 2.24) is 4.31 Å². The van der Waals surface area contributed by atoms with E-state index in [4.69, 9.17) is 4.74 Å². The molecule has 0 aliphatic carbocycles. The largest absolute Gasteiger partial charge is 0.497 e. The van der Waals surface area contributed by atoms with Crippen molar-refractivity contribution in [2.75, 3.05) is 13.7 Å². The molecule has 144 valence electrons. The second-order valence-corrected chi connectivity index (χ2v) is 8.40. The summed E-state index contributed by atoms with van der Waals surface area (Å²) in [4.78, 5) is 10.4. The van der Waals surface area contributed by atoms with E-state index < -0.39 is 14.9 Å². The quantitative estimate of drug-likeness (QED) is 0.570. The van der Waals surface area contributed by atoms with Gasteiger partial charge in [0.25, 0.3) is 5.69 Å². The molecule has 27 heavy (non-hydrogen) atoms. The van der Waals surface area contributed by atoms with Crippen LogP contribution >= 0.6 is 0 Å². The summed E-state index contributed by atoms with van der Waals surface area (Å²) < 4.78 is 33.2. The number of benzene rings is 2. The number of ether oxygens (including phenoxy) is 1. The lowest BCUT2D eigenvalue weighted by Gasteiger charge is -2.29. The molecule has 0 spiro atoms. The van der Waals surface area contributed by atoms with E-state index in [0.717, 1.165) is 37.0 Å². The van der Waals surface area contributed by atoms with Gasteiger partial charge in [0.05, 0.1) is 23.0 Å². The van der Waals surface area contributed by atoms with Gasteiger partial charge in [0.2, 0.25) is 10.0 Å². The van der Waals surface area contributed by atoms with Gasteiger partial charge in [-0.1, -0.05) is 25.0 Å². The zero-order valence-corrected chi connectivity index (χ0v) is 15.9. The Morgan fingerprint density at radius 2 is 1.70 bits per heavy atom. The first-order chi connectivity index (χ1) is 12.9. The molecule has 0 saturated carbocycles. The van der Waals surface area contributed by atoms with Crippen molar-refractivity contribution >= 4 is 15.7 Å². The van der Waals surface area contributed by atoms with Crippen LogP contribution in [0.25, 0.3) is 0 Å². The van der Waals surface area contributed by atoms with E-state index in [9.17, 15) is 18.5 Å². The average Bonchev–Trinajstić information content (AvgIpc) is 2.95. The number of non-ortho nitro benzene ring substituents is 1. The van der Waals surface area contributed by atoms with E-state index in [1.54, 1.807) is 7.11 Å². The number of nitrogens with zero attached hydrogens (tertiary/aromatic N) is 2. The van der Waals surface area contributed by atoms with Crippen molar-refractivity contribution in [1.29, 1.82) is 0 Å². The maximum Gasteiger partial charge on any atom is 0.269 e. The first kappa shape index (κ1) is 19.3. The number of hydrogen-bond donors (Lipinski definition) is 0. The van der Waals surface area contributed by atoms with Crippen molar-refractivity contribution in [3.63, 3.8) is 0 Å². The number of rotatable bonds is 5. The smallest absolute Gasteiger partial charge is 0.269 e. The average molecular weight is 390 g/mol. The number of nitro groups is 1. The summed E-state index contributed by atoms with van der Waals surface area (Å²) in [6, 6.07) is 12.3. The summed E-state index contributed by atoms with van der Waals surface area (Å²) in [6.07, 6.45) is 3.44. The first-order valence-electron chi connectivity index (χ1n) is 8.84. The van der Waals surface area contributed by atoms with Crippen molar-refractivity contribution < 1.29 is 18.1 Å². The highest BCUT2D eigenvalue weighted by atomic mass is 32.2. The summed E-state index contributed by atoms with van der Waals surface area (Å²) in [5, 5.41) is 10.8. The Morgan fingerprint density at radius 3 is 2.30 bits per heavy atom. The highest BCUT2D eigenvalue weighted by Crippen LogP contribution is 2.35. The van der Waals surface area contributed by atoms with Gasteiger partial charge in [-0.2, -0.15) is 4.31 Å². The fourth-order valence-corrected chi connectivity index (χ4v) is 5.09. The normalized spacial score (nSPS) is 18.6. The first-order valence-corrected chi connectivity index (χ1v) is 10.3. The molecule has 1 aliphatic rings. The van der Waals surface area contributed by atoms with E-state index in [1.165, 1.54) is 28.6 Å². The summed E-state index contributed by atoms with van der Waals surface area (Å²) in [6.45, 7) is 0.427. The summed E-state index contributed by atoms with van der Waals surface area (Å²) in [5.41, 5.74) is 0.791. The second kappa shape index (κ2) is 8.06. The third kappa shape index (κ3) is 4.12. The van der Waals surface area contributed by atoms with E-state index in [0.29, 0.717) is 6.54 Å². The lowest BCUT2D eigenvalue weighted by molar-refractivity contribution is -0.384. The van der Waals surface area contributed by atoms with Crippen molar-refractivity contribution in [2.45, 2.75) is 36.6 Å². The van der Waals surface area contributed by atoms with Gasteiger partial charge in [-0.05, 0) is 42.7 Å². The predicted octanol–water partition coefficient (Wildman–Crippen LogP) is 3.91. The fraction of sp³-hybridized carbons (Fsp3) is 0.368. The molecule has 0 radical (unpaired) electrons. The molecule has 2 aromatic carbocycles. The van der Waals surface area contributed by atoms with E-state index in [-0.39, 0.29) is 16.6 Å². The summed E-state index contributed by atoms with van der Waals surface area (Å²) in [5.74, 6) is 0.720. The van der Waals surface area contributed by atoms with Gasteiger partial charge >= 0.3 is 0 Å². The molecule has 1 saturated heterocycles. The van der Waals surface area contributed by atoms with Gasteiger partial charge in [0, 0.05) is 18.7 Å². The Kier molecular flexibility index (Phi) is 5.76. The molecular weight excluding hydrogens is 368 g/mol. The molecule has 1 heterocycles. The lowest BCUT2D eigenvalue weighted by atomic mass is 10.0. The van der Waals surface area contributed by atoms with Gasteiger partial charge in [-0.15, -0.1) is 0 Å². The second-order valence-electron chi connectivity index (χ2n) is 6.51. The summed E-state index contributed by atoms with van der Waals surface area (Å²) in [7, 11) is -2.17. The third-order valence-electron chi connectivity index (χ3n) is 4.86. The molecule has 0 bridgehead atoms. The molecule has 1 fully saturated rings. The topological polar surface area (TPSA) is 89.8 Å². The molecule has 0 N–H and O–H groups in total. The van der Waals surface area contributed by atoms with Crippen molar-refractivity contribution in [3.05, 3.63) is 64.2 Å². The molecule has 8 heteroatoms. The Labute approximate surface area is 158 Å². The number of methoxy groups -OCH3 is 1. The minimum absolute atomic E-state index is 0.0773. The zero-order valence-electron chi connectivity index (χ0n) is 15.1. The van der Waals surface area contributed by atoms with Crippen LogP contribution in [0.1, 0.15) is 37.3 Å². The van der Waals surface area contributed by atoms with Gasteiger partial charge in [0.1, 0.15) is 5.75 Å². The van der Waals surface area contributed by atoms with Crippen molar-refractivity contribution in [2.24, 2.45) is 0 Å². The fourth-order valence-electron chi connectivity index (χ4n) is 3.40. The maximum atomic E-state index is 13.3. The van der Waals surface area contributed by atoms with Crippen molar-refractivity contribution in [3.8, 4) is 5.75 Å². The number of sulfonamides is 1. The van der Waals surface area contributed by atoms with Crippen LogP contribution in [0, 0.1) is 10.1 Å². The molecule has 0 unspecified atom stereocenters. The minimum Gasteiger partial charge on any atom is -0.497 e. The number of hydrogen-bond acceptors (Lipinski definition) is 5. The van der Waals surface area contributed by atoms with Crippen LogP contribution in [0.5, 0.6) is 5.75 Å². The maximum absolute atomic E-state index is 13.3. The molecule has 1 aliphatic heterocycles. The van der Waals surface area contributed by atoms with E-state index in [2.05, 4.69) is 0 Å². The van der Waals surface area contributed by atoms with Gasteiger partial charge in [-0.25, -0.2) is 8.42 Å². The SMILES string of the molecule is COc1ccc([C@H]2CCCCCN2S(=O)(=O)c2ccc([N+](=O)[O-])cc2)cc1. The molecule has 2 aromatic rings. The van der Waals surface area contributed by atoms with Gasteiger partial charge in [-0.3, -0.25) is 10.1 Å². The standard InChI is InChI=1S/C19H22N2O5S/c1-26-17-10-6-15(7-11-17)19-5-3-2-4-14-20(19)27(24,25)18-12-8-16(9-13-18)21(22)23/h6-13,19H,2-5,14H2,1H3/t19-/m1/s1. The molecule has 3 rings (SSSR count). The molecular formula is C19H22N2O5S. The zero-order chi connectivity index (χ0) is 19.4. The van der Waals surface area contributed by atoms with Gasteiger partial charge in [0.15, 0.2) is 0 Å². The number of nitro benzene ring substituents is 1. The monoisotopic (exact) mass is 390 g/mol. The predicted molar refractivity (Wildman–Crippen MR) is 101 cm³/mol. The van der Waals surface area contributed by atoms with Crippen LogP contribution in [0.3, 0.4) is 0 Å². The van der Waals surface area contributed by atoms with Crippen LogP contribution in [0.2, 0.25) is 0 Å². The van der Waals surface area contributed by atoms with E-state index >= 15 is 0 Å². The van der Waals surface area contributed by atoms with Gasteiger partial charge < -0.3 is 4.74 Å². The van der Waals surface area contributed by atoms with Crippen LogP contribution in [-0.4, -0.2) is 31.3 Å². The Balaban J connectivity index is 1.96. The Hall–Kier alpha value is -2.45. The van der Waals surface area contributed by atoms with Crippen LogP contribution in [0.4, 0.5) is 5.69 Å². The summed E-state index contributed by atoms with van der Waals surface area (Å²) >= 11 is 0. The lowest BCUT2D eigenvalue weighted by Crippen LogP contribution is -2.34. The Morgan fingerprint density at radius 1 is 1.04 bits per heavy atom. The van der Waals surface area contributed by atoms with Crippen LogP contribution in [-0.2, 0) is 10.0 Å². The molecule has 1 atom stereocenters. The van der Waals surface area contributed by atoms with E-state index in [1.807, 2.05) is 24.3 Å². The highest BCUT2D eigenvalue weighted by molar-refractivity contribution is 7.89. The Bertz CT molecular complexity index is 895. The highest BCUT2D eigenvalue weighted by Gasteiger charge is 2.33. The third-order valence-corrected chi connectivity index (χ3v) is 6.78. The van der Waals surface area contributed by atoms with Crippen LogP contribution < -0.4 is 4.74 Å².